The Morgan fingerprint density at radius 2 is 2.09 bits per heavy atom. The molecule has 0 fully saturated rings. The zero-order valence-corrected chi connectivity index (χ0v) is 12.7. The fourth-order valence-corrected chi connectivity index (χ4v) is 2.75. The monoisotopic (exact) mass is 306 g/mol. The highest BCUT2D eigenvalue weighted by Crippen LogP contribution is 2.31. The lowest BCUT2D eigenvalue weighted by Crippen LogP contribution is -2.22. The number of hydrogen-bond donors (Lipinski definition) is 1. The highest BCUT2D eigenvalue weighted by Gasteiger charge is 2.19. The molecule has 114 valence electrons. The molecule has 0 bridgehead atoms. The quantitative estimate of drug-likeness (QED) is 0.616. The van der Waals surface area contributed by atoms with Gasteiger partial charge < -0.3 is 9.73 Å². The van der Waals surface area contributed by atoms with Crippen LogP contribution in [0.5, 0.6) is 0 Å². The van der Waals surface area contributed by atoms with Crippen LogP contribution in [0, 0.1) is 6.92 Å². The molecule has 1 aromatic carbocycles. The number of hydrogen-bond acceptors (Lipinski definition) is 5. The molecule has 6 nitrogen and oxygen atoms in total. The summed E-state index contributed by atoms with van der Waals surface area (Å²) in [6.45, 7) is 1.98. The molecule has 0 saturated carbocycles. The maximum absolute atomic E-state index is 12.6. The summed E-state index contributed by atoms with van der Waals surface area (Å²) in [7, 11) is 1.71. The van der Waals surface area contributed by atoms with Crippen molar-refractivity contribution >= 4 is 28.0 Å². The highest BCUT2D eigenvalue weighted by atomic mass is 16.3. The summed E-state index contributed by atoms with van der Waals surface area (Å²) in [6.07, 6.45) is 1.68. The van der Waals surface area contributed by atoms with Crippen molar-refractivity contribution in [3.63, 3.8) is 0 Å². The van der Waals surface area contributed by atoms with E-state index in [2.05, 4.69) is 15.3 Å². The van der Waals surface area contributed by atoms with Crippen LogP contribution in [0.25, 0.3) is 27.9 Å². The molecule has 1 N–H and O–H groups in total. The van der Waals surface area contributed by atoms with Gasteiger partial charge in [-0.1, -0.05) is 12.1 Å². The lowest BCUT2D eigenvalue weighted by atomic mass is 10.2. The molecule has 0 radical (unpaired) electrons. The second-order valence-electron chi connectivity index (χ2n) is 5.30. The molecular formula is C17H14N4O2. The summed E-state index contributed by atoms with van der Waals surface area (Å²) in [4.78, 5) is 21.1. The van der Waals surface area contributed by atoms with Gasteiger partial charge in [0, 0.05) is 13.2 Å². The predicted octanol–water partition coefficient (Wildman–Crippen LogP) is 2.88. The summed E-state index contributed by atoms with van der Waals surface area (Å²) < 4.78 is 7.42. The van der Waals surface area contributed by atoms with Crippen LogP contribution in [-0.2, 0) is 0 Å². The summed E-state index contributed by atoms with van der Waals surface area (Å²) in [5, 5.41) is 2.92. The molecule has 0 aliphatic carbocycles. The fourth-order valence-electron chi connectivity index (χ4n) is 2.75. The Hall–Kier alpha value is -3.15. The summed E-state index contributed by atoms with van der Waals surface area (Å²) in [5.74, 6) is 0.409. The Balaban J connectivity index is 2.23. The van der Waals surface area contributed by atoms with Crippen molar-refractivity contribution in [2.45, 2.75) is 6.92 Å². The number of anilines is 1. The topological polar surface area (TPSA) is 73.0 Å². The average molecular weight is 306 g/mol. The molecular weight excluding hydrogens is 292 g/mol. The molecule has 23 heavy (non-hydrogen) atoms. The third kappa shape index (κ3) is 1.99. The molecule has 0 unspecified atom stereocenters. The largest absolute Gasteiger partial charge is 0.449 e. The van der Waals surface area contributed by atoms with Crippen LogP contribution in [0.4, 0.5) is 5.82 Å². The maximum atomic E-state index is 12.6. The normalized spacial score (nSPS) is 11.2. The van der Waals surface area contributed by atoms with E-state index in [0.29, 0.717) is 28.0 Å². The first kappa shape index (κ1) is 13.5. The van der Waals surface area contributed by atoms with Crippen LogP contribution < -0.4 is 11.0 Å². The maximum Gasteiger partial charge on any atom is 0.354 e. The van der Waals surface area contributed by atoms with Crippen LogP contribution in [0.3, 0.4) is 0 Å². The molecule has 4 rings (SSSR count). The van der Waals surface area contributed by atoms with Gasteiger partial charge in [0.1, 0.15) is 11.0 Å². The Bertz CT molecular complexity index is 1090. The molecule has 0 atom stereocenters. The first-order chi connectivity index (χ1) is 11.2. The van der Waals surface area contributed by atoms with E-state index in [-0.39, 0.29) is 5.69 Å². The lowest BCUT2D eigenvalue weighted by molar-refractivity contribution is 0.664. The number of benzene rings is 1. The van der Waals surface area contributed by atoms with Crippen molar-refractivity contribution in [2.75, 3.05) is 12.4 Å². The van der Waals surface area contributed by atoms with Gasteiger partial charge in [0.25, 0.3) is 0 Å². The van der Waals surface area contributed by atoms with E-state index in [4.69, 9.17) is 4.42 Å². The van der Waals surface area contributed by atoms with Gasteiger partial charge in [-0.25, -0.2) is 4.79 Å². The van der Waals surface area contributed by atoms with E-state index < -0.39 is 0 Å². The van der Waals surface area contributed by atoms with Gasteiger partial charge in [0.05, 0.1) is 5.69 Å². The molecule has 6 heteroatoms. The molecule has 0 aliphatic rings. The Labute approximate surface area is 131 Å². The van der Waals surface area contributed by atoms with Gasteiger partial charge in [0.15, 0.2) is 17.0 Å². The highest BCUT2D eigenvalue weighted by molar-refractivity contribution is 6.04. The van der Waals surface area contributed by atoms with Crippen molar-refractivity contribution in [3.05, 3.63) is 58.6 Å². The number of fused-ring (bicyclic) bond motifs is 3. The Kier molecular flexibility index (Phi) is 2.90. The van der Waals surface area contributed by atoms with E-state index in [9.17, 15) is 4.79 Å². The van der Waals surface area contributed by atoms with Crippen molar-refractivity contribution < 1.29 is 4.42 Å². The second kappa shape index (κ2) is 4.95. The van der Waals surface area contributed by atoms with E-state index >= 15 is 0 Å². The van der Waals surface area contributed by atoms with Crippen LogP contribution in [0.2, 0.25) is 0 Å². The zero-order valence-electron chi connectivity index (χ0n) is 12.7. The zero-order chi connectivity index (χ0) is 16.0. The van der Waals surface area contributed by atoms with Gasteiger partial charge in [-0.15, -0.1) is 0 Å². The Morgan fingerprint density at radius 1 is 1.22 bits per heavy atom. The minimum Gasteiger partial charge on any atom is -0.449 e. The molecule has 0 aliphatic heterocycles. The number of aromatic nitrogens is 3. The lowest BCUT2D eigenvalue weighted by Gasteiger charge is -2.09. The number of nitrogens with one attached hydrogen (secondary N) is 1. The van der Waals surface area contributed by atoms with Gasteiger partial charge in [-0.2, -0.15) is 4.98 Å². The number of furan rings is 1. The first-order valence-electron chi connectivity index (χ1n) is 7.24. The second-order valence-corrected chi connectivity index (χ2v) is 5.30. The van der Waals surface area contributed by atoms with Gasteiger partial charge in [-0.3, -0.25) is 9.55 Å². The van der Waals surface area contributed by atoms with E-state index in [1.54, 1.807) is 23.9 Å². The standard InChI is InChI=1S/C17H14N4O2/c1-10-5-3-6-11(9-10)21-14-13-12(7-4-8-19-13)23-15(14)16(18-2)20-17(21)22/h3-9H,1-2H3,(H,18,20,22). The molecule has 3 heterocycles. The van der Waals surface area contributed by atoms with Gasteiger partial charge in [0.2, 0.25) is 0 Å². The van der Waals surface area contributed by atoms with Crippen molar-refractivity contribution in [1.29, 1.82) is 0 Å². The number of nitrogens with zero attached hydrogens (tertiary/aromatic N) is 3. The van der Waals surface area contributed by atoms with Crippen LogP contribution >= 0.6 is 0 Å². The summed E-state index contributed by atoms with van der Waals surface area (Å²) >= 11 is 0. The predicted molar refractivity (Wildman–Crippen MR) is 89.2 cm³/mol. The Morgan fingerprint density at radius 3 is 2.87 bits per heavy atom. The van der Waals surface area contributed by atoms with Crippen LogP contribution in [-0.4, -0.2) is 21.6 Å². The van der Waals surface area contributed by atoms with E-state index in [0.717, 1.165) is 11.3 Å². The van der Waals surface area contributed by atoms with Gasteiger partial charge >= 0.3 is 5.69 Å². The SMILES string of the molecule is CNc1nc(=O)n(-c2cccc(C)c2)c2c1oc1cccnc12. The molecule has 4 aromatic rings. The van der Waals surface area contributed by atoms with Gasteiger partial charge in [-0.05, 0) is 36.8 Å². The van der Waals surface area contributed by atoms with Crippen molar-refractivity contribution in [1.82, 2.24) is 14.5 Å². The van der Waals surface area contributed by atoms with E-state index in [1.165, 1.54) is 0 Å². The fraction of sp³-hybridized carbons (Fsp3) is 0.118. The third-order valence-electron chi connectivity index (χ3n) is 3.76. The van der Waals surface area contributed by atoms with Crippen molar-refractivity contribution in [3.8, 4) is 5.69 Å². The molecule has 0 spiro atoms. The molecule has 3 aromatic heterocycles. The summed E-state index contributed by atoms with van der Waals surface area (Å²) in [6, 6.07) is 11.3. The van der Waals surface area contributed by atoms with Crippen molar-refractivity contribution in [2.24, 2.45) is 0 Å². The third-order valence-corrected chi connectivity index (χ3v) is 3.76. The first-order valence-corrected chi connectivity index (χ1v) is 7.24. The minimum absolute atomic E-state index is 0.374. The minimum atomic E-state index is -0.374. The molecule has 0 amide bonds. The van der Waals surface area contributed by atoms with E-state index in [1.807, 2.05) is 37.3 Å². The molecule has 0 saturated heterocycles. The average Bonchev–Trinajstić information content (AvgIpc) is 2.93. The number of pyridine rings is 1. The van der Waals surface area contributed by atoms with Crippen LogP contribution in [0.15, 0.2) is 51.8 Å². The summed E-state index contributed by atoms with van der Waals surface area (Å²) in [5.41, 5.74) is 3.82. The number of aryl methyl sites for hydroxylation is 1. The number of rotatable bonds is 2. The smallest absolute Gasteiger partial charge is 0.354 e. The van der Waals surface area contributed by atoms with Crippen LogP contribution in [0.1, 0.15) is 5.56 Å².